The third kappa shape index (κ3) is 3.93. The fourth-order valence-corrected chi connectivity index (χ4v) is 1.93. The van der Waals surface area contributed by atoms with Crippen molar-refractivity contribution in [3.8, 4) is 0 Å². The summed E-state index contributed by atoms with van der Waals surface area (Å²) >= 11 is 0. The number of hydrogen-bond donors (Lipinski definition) is 3. The van der Waals surface area contributed by atoms with Crippen LogP contribution < -0.4 is 16.4 Å². The highest BCUT2D eigenvalue weighted by Crippen LogP contribution is 2.15. The van der Waals surface area contributed by atoms with Crippen LogP contribution in [0, 0.1) is 6.92 Å². The standard InChI is InChI=1S/C13H17N3O3.ClH/c1-8-2-3-9(6-10(8)12(14)17)16-13(18)11-7-19-5-4-15-11;/h2-3,6,11,15H,4-5,7H2,1H3,(H2,14,17)(H,16,18);1H. The molecule has 4 N–H and O–H groups in total. The Morgan fingerprint density at radius 3 is 2.80 bits per heavy atom. The second-order valence-electron chi connectivity index (χ2n) is 4.46. The Kier molecular flexibility index (Phi) is 5.94. The van der Waals surface area contributed by atoms with Crippen LogP contribution in [0.4, 0.5) is 5.69 Å². The molecular weight excluding hydrogens is 282 g/mol. The molecular formula is C13H18ClN3O3. The van der Waals surface area contributed by atoms with E-state index in [1.54, 1.807) is 25.1 Å². The van der Waals surface area contributed by atoms with E-state index >= 15 is 0 Å². The number of amides is 2. The zero-order valence-corrected chi connectivity index (χ0v) is 12.0. The molecule has 6 nitrogen and oxygen atoms in total. The van der Waals surface area contributed by atoms with E-state index in [0.717, 1.165) is 5.56 Å². The van der Waals surface area contributed by atoms with Gasteiger partial charge in [-0.15, -0.1) is 12.4 Å². The van der Waals surface area contributed by atoms with Crippen LogP contribution in [0.5, 0.6) is 0 Å². The number of aryl methyl sites for hydroxylation is 1. The molecule has 2 rings (SSSR count). The number of primary amides is 1. The van der Waals surface area contributed by atoms with Crippen LogP contribution in [0.1, 0.15) is 15.9 Å². The molecule has 0 aromatic heterocycles. The van der Waals surface area contributed by atoms with E-state index in [4.69, 9.17) is 10.5 Å². The van der Waals surface area contributed by atoms with Gasteiger partial charge in [-0.2, -0.15) is 0 Å². The van der Waals surface area contributed by atoms with Crippen molar-refractivity contribution in [2.45, 2.75) is 13.0 Å². The van der Waals surface area contributed by atoms with E-state index < -0.39 is 5.91 Å². The summed E-state index contributed by atoms with van der Waals surface area (Å²) in [4.78, 5) is 23.2. The van der Waals surface area contributed by atoms with E-state index in [0.29, 0.717) is 31.0 Å². The second kappa shape index (κ2) is 7.23. The lowest BCUT2D eigenvalue weighted by molar-refractivity contribution is -0.120. The molecule has 1 saturated heterocycles. The summed E-state index contributed by atoms with van der Waals surface area (Å²) in [6.07, 6.45) is 0. The molecule has 1 aromatic rings. The van der Waals surface area contributed by atoms with Gasteiger partial charge in [-0.3, -0.25) is 9.59 Å². The number of carbonyl (C=O) groups is 2. The lowest BCUT2D eigenvalue weighted by atomic mass is 10.1. The van der Waals surface area contributed by atoms with Crippen molar-refractivity contribution in [1.82, 2.24) is 5.32 Å². The van der Waals surface area contributed by atoms with Gasteiger partial charge in [0.2, 0.25) is 11.8 Å². The van der Waals surface area contributed by atoms with Gasteiger partial charge < -0.3 is 21.1 Å². The summed E-state index contributed by atoms with van der Waals surface area (Å²) in [6.45, 7) is 3.40. The van der Waals surface area contributed by atoms with Gasteiger partial charge in [-0.1, -0.05) is 6.07 Å². The maximum absolute atomic E-state index is 12.0. The Morgan fingerprint density at radius 2 is 2.20 bits per heavy atom. The first kappa shape index (κ1) is 16.4. The molecule has 0 aliphatic carbocycles. The Balaban J connectivity index is 0.00000200. The lowest BCUT2D eigenvalue weighted by Gasteiger charge is -2.23. The van der Waals surface area contributed by atoms with Crippen LogP contribution in [-0.4, -0.2) is 37.6 Å². The minimum atomic E-state index is -0.507. The Morgan fingerprint density at radius 1 is 1.45 bits per heavy atom. The highest BCUT2D eigenvalue weighted by Gasteiger charge is 2.21. The second-order valence-corrected chi connectivity index (χ2v) is 4.46. The number of nitrogens with one attached hydrogen (secondary N) is 2. The lowest BCUT2D eigenvalue weighted by Crippen LogP contribution is -2.48. The molecule has 0 spiro atoms. The van der Waals surface area contributed by atoms with Gasteiger partial charge >= 0.3 is 0 Å². The molecule has 0 bridgehead atoms. The third-order valence-electron chi connectivity index (χ3n) is 3.01. The summed E-state index contributed by atoms with van der Waals surface area (Å²) in [5, 5.41) is 5.80. The van der Waals surface area contributed by atoms with Crippen LogP contribution in [0.3, 0.4) is 0 Å². The monoisotopic (exact) mass is 299 g/mol. The molecule has 1 aromatic carbocycles. The molecule has 1 aliphatic rings. The van der Waals surface area contributed by atoms with Crippen LogP contribution in [0.25, 0.3) is 0 Å². The average Bonchev–Trinajstić information content (AvgIpc) is 2.41. The number of morpholine rings is 1. The van der Waals surface area contributed by atoms with Gasteiger partial charge in [0.15, 0.2) is 0 Å². The van der Waals surface area contributed by atoms with E-state index in [-0.39, 0.29) is 24.4 Å². The molecule has 1 unspecified atom stereocenters. The van der Waals surface area contributed by atoms with Crippen LogP contribution in [0.15, 0.2) is 18.2 Å². The van der Waals surface area contributed by atoms with E-state index in [9.17, 15) is 9.59 Å². The van der Waals surface area contributed by atoms with E-state index in [1.807, 2.05) is 0 Å². The maximum atomic E-state index is 12.0. The van der Waals surface area contributed by atoms with Crippen molar-refractivity contribution in [1.29, 1.82) is 0 Å². The number of nitrogens with two attached hydrogens (primary N) is 1. The van der Waals surface area contributed by atoms with Crippen LogP contribution in [-0.2, 0) is 9.53 Å². The average molecular weight is 300 g/mol. The molecule has 7 heteroatoms. The number of anilines is 1. The molecule has 1 aliphatic heterocycles. The molecule has 1 atom stereocenters. The Bertz CT molecular complexity index is 502. The maximum Gasteiger partial charge on any atom is 0.249 e. The van der Waals surface area contributed by atoms with Crippen molar-refractivity contribution in [3.63, 3.8) is 0 Å². The van der Waals surface area contributed by atoms with Gasteiger partial charge in [0.1, 0.15) is 6.04 Å². The molecule has 20 heavy (non-hydrogen) atoms. The number of carbonyl (C=O) groups excluding carboxylic acids is 2. The zero-order chi connectivity index (χ0) is 13.8. The predicted molar refractivity (Wildman–Crippen MR) is 78.2 cm³/mol. The fraction of sp³-hybridized carbons (Fsp3) is 0.385. The number of benzene rings is 1. The van der Waals surface area contributed by atoms with Crippen LogP contribution >= 0.6 is 12.4 Å². The number of hydrogen-bond acceptors (Lipinski definition) is 4. The number of halogens is 1. The minimum Gasteiger partial charge on any atom is -0.378 e. The smallest absolute Gasteiger partial charge is 0.249 e. The van der Waals surface area contributed by atoms with Crippen LogP contribution in [0.2, 0.25) is 0 Å². The minimum absolute atomic E-state index is 0. The van der Waals surface area contributed by atoms with Crippen molar-refractivity contribution < 1.29 is 14.3 Å². The van der Waals surface area contributed by atoms with E-state index in [1.165, 1.54) is 0 Å². The largest absolute Gasteiger partial charge is 0.378 e. The summed E-state index contributed by atoms with van der Waals surface area (Å²) in [6, 6.07) is 4.70. The van der Waals surface area contributed by atoms with Crippen molar-refractivity contribution >= 4 is 29.9 Å². The first-order chi connectivity index (χ1) is 9.08. The van der Waals surface area contributed by atoms with Crippen molar-refractivity contribution in [2.24, 2.45) is 5.73 Å². The summed E-state index contributed by atoms with van der Waals surface area (Å²) in [5.74, 6) is -0.688. The van der Waals surface area contributed by atoms with Gasteiger partial charge in [-0.25, -0.2) is 0 Å². The molecule has 1 heterocycles. The predicted octanol–water partition coefficient (Wildman–Crippen LogP) is 0.443. The normalized spacial score (nSPS) is 17.9. The Labute approximate surface area is 123 Å². The van der Waals surface area contributed by atoms with Crippen molar-refractivity contribution in [3.05, 3.63) is 29.3 Å². The van der Waals surface area contributed by atoms with Gasteiger partial charge in [0, 0.05) is 17.8 Å². The SMILES string of the molecule is Cc1ccc(NC(=O)C2COCCN2)cc1C(N)=O.Cl. The fourth-order valence-electron chi connectivity index (χ4n) is 1.93. The molecule has 110 valence electrons. The summed E-state index contributed by atoms with van der Waals surface area (Å²) < 4.78 is 5.22. The first-order valence-corrected chi connectivity index (χ1v) is 6.10. The topological polar surface area (TPSA) is 93.4 Å². The molecule has 0 saturated carbocycles. The summed E-state index contributed by atoms with van der Waals surface area (Å²) in [7, 11) is 0. The molecule has 0 radical (unpaired) electrons. The highest BCUT2D eigenvalue weighted by atomic mass is 35.5. The Hall–Kier alpha value is -1.63. The highest BCUT2D eigenvalue weighted by molar-refractivity contribution is 5.98. The summed E-state index contributed by atoms with van der Waals surface area (Å²) in [5.41, 5.74) is 7.02. The quantitative estimate of drug-likeness (QED) is 0.755. The molecule has 1 fully saturated rings. The third-order valence-corrected chi connectivity index (χ3v) is 3.01. The van der Waals surface area contributed by atoms with Gasteiger partial charge in [0.25, 0.3) is 0 Å². The number of ether oxygens (including phenoxy) is 1. The number of rotatable bonds is 3. The van der Waals surface area contributed by atoms with Gasteiger partial charge in [-0.05, 0) is 24.6 Å². The van der Waals surface area contributed by atoms with Crippen molar-refractivity contribution in [2.75, 3.05) is 25.1 Å². The van der Waals surface area contributed by atoms with Gasteiger partial charge in [0.05, 0.1) is 13.2 Å². The molecule has 2 amide bonds. The first-order valence-electron chi connectivity index (χ1n) is 6.10. The van der Waals surface area contributed by atoms with E-state index in [2.05, 4.69) is 10.6 Å². The zero-order valence-electron chi connectivity index (χ0n) is 11.1.